The van der Waals surface area contributed by atoms with Crippen LogP contribution < -0.4 is 5.32 Å². The van der Waals surface area contributed by atoms with Crippen molar-refractivity contribution in [2.24, 2.45) is 0 Å². The van der Waals surface area contributed by atoms with E-state index < -0.39 is 0 Å². The molecule has 1 heterocycles. The second-order valence-corrected chi connectivity index (χ2v) is 5.44. The van der Waals surface area contributed by atoms with Crippen molar-refractivity contribution >= 4 is 5.82 Å². The van der Waals surface area contributed by atoms with Crippen molar-refractivity contribution in [1.82, 2.24) is 9.97 Å². The zero-order valence-electron chi connectivity index (χ0n) is 12.5. The summed E-state index contributed by atoms with van der Waals surface area (Å²) in [5, 5.41) is 3.40. The number of aryl methyl sites for hydroxylation is 1. The van der Waals surface area contributed by atoms with Crippen LogP contribution in [0.5, 0.6) is 0 Å². The monoisotopic (exact) mass is 263 g/mol. The van der Waals surface area contributed by atoms with Crippen molar-refractivity contribution in [2.45, 2.75) is 58.5 Å². The van der Waals surface area contributed by atoms with E-state index in [1.807, 2.05) is 0 Å². The quantitative estimate of drug-likeness (QED) is 0.885. The number of methoxy groups -OCH3 is 1. The van der Waals surface area contributed by atoms with Crippen molar-refractivity contribution in [1.29, 1.82) is 0 Å². The Labute approximate surface area is 116 Å². The molecule has 1 aliphatic carbocycles. The van der Waals surface area contributed by atoms with Crippen molar-refractivity contribution in [3.63, 3.8) is 0 Å². The highest BCUT2D eigenvalue weighted by Gasteiger charge is 2.39. The van der Waals surface area contributed by atoms with Crippen LogP contribution in [0.4, 0.5) is 5.82 Å². The van der Waals surface area contributed by atoms with Crippen LogP contribution in [0, 0.1) is 13.8 Å². The molecule has 1 aromatic rings. The summed E-state index contributed by atoms with van der Waals surface area (Å²) in [5.41, 5.74) is 1.93. The van der Waals surface area contributed by atoms with Crippen LogP contribution in [-0.4, -0.2) is 23.6 Å². The fourth-order valence-corrected chi connectivity index (χ4v) is 2.71. The summed E-state index contributed by atoms with van der Waals surface area (Å²) >= 11 is 0. The molecular weight excluding hydrogens is 238 g/mol. The van der Waals surface area contributed by atoms with Crippen LogP contribution in [-0.2, 0) is 10.3 Å². The SMILES string of the molecule is CCCNc1nc(C2(OC)CCCC2)nc(C)c1C. The van der Waals surface area contributed by atoms with Gasteiger partial charge in [-0.05, 0) is 46.0 Å². The van der Waals surface area contributed by atoms with Gasteiger partial charge in [0.25, 0.3) is 0 Å². The first-order chi connectivity index (χ1) is 9.13. The summed E-state index contributed by atoms with van der Waals surface area (Å²) in [7, 11) is 1.78. The van der Waals surface area contributed by atoms with Gasteiger partial charge in [-0.3, -0.25) is 0 Å². The van der Waals surface area contributed by atoms with Gasteiger partial charge < -0.3 is 10.1 Å². The number of anilines is 1. The van der Waals surface area contributed by atoms with E-state index in [1.54, 1.807) is 7.11 Å². The van der Waals surface area contributed by atoms with Gasteiger partial charge in [0.2, 0.25) is 0 Å². The van der Waals surface area contributed by atoms with E-state index in [-0.39, 0.29) is 5.60 Å². The van der Waals surface area contributed by atoms with Gasteiger partial charge in [-0.1, -0.05) is 6.92 Å². The van der Waals surface area contributed by atoms with Gasteiger partial charge >= 0.3 is 0 Å². The molecule has 1 N–H and O–H groups in total. The molecule has 106 valence electrons. The molecule has 0 aliphatic heterocycles. The van der Waals surface area contributed by atoms with Gasteiger partial charge in [0.05, 0.1) is 0 Å². The summed E-state index contributed by atoms with van der Waals surface area (Å²) in [5.74, 6) is 1.82. The largest absolute Gasteiger partial charge is 0.370 e. The van der Waals surface area contributed by atoms with E-state index in [9.17, 15) is 0 Å². The molecule has 4 nitrogen and oxygen atoms in total. The zero-order valence-corrected chi connectivity index (χ0v) is 12.5. The molecule has 0 amide bonds. The minimum atomic E-state index is -0.263. The third-order valence-electron chi connectivity index (χ3n) is 4.14. The molecule has 2 rings (SSSR count). The van der Waals surface area contributed by atoms with E-state index in [0.717, 1.165) is 48.7 Å². The van der Waals surface area contributed by atoms with E-state index in [2.05, 4.69) is 26.1 Å². The van der Waals surface area contributed by atoms with E-state index >= 15 is 0 Å². The summed E-state index contributed by atoms with van der Waals surface area (Å²) < 4.78 is 5.79. The summed E-state index contributed by atoms with van der Waals surface area (Å²) in [6, 6.07) is 0. The minimum absolute atomic E-state index is 0.263. The van der Waals surface area contributed by atoms with Crippen molar-refractivity contribution < 1.29 is 4.74 Å². The Morgan fingerprint density at radius 2 is 1.89 bits per heavy atom. The van der Waals surface area contributed by atoms with Gasteiger partial charge in [0.1, 0.15) is 11.4 Å². The Bertz CT molecular complexity index is 439. The highest BCUT2D eigenvalue weighted by molar-refractivity contribution is 5.46. The molecule has 1 aromatic heterocycles. The molecule has 0 atom stereocenters. The normalized spacial score (nSPS) is 17.7. The maximum absolute atomic E-state index is 5.79. The lowest BCUT2D eigenvalue weighted by atomic mass is 10.0. The summed E-state index contributed by atoms with van der Waals surface area (Å²) in [6.45, 7) is 7.23. The highest BCUT2D eigenvalue weighted by Crippen LogP contribution is 2.40. The van der Waals surface area contributed by atoms with Crippen LogP contribution in [0.2, 0.25) is 0 Å². The number of ether oxygens (including phenoxy) is 1. The van der Waals surface area contributed by atoms with Crippen LogP contribution in [0.3, 0.4) is 0 Å². The standard InChI is InChI=1S/C15H25N3O/c1-5-10-16-13-11(2)12(3)17-14(18-13)15(19-4)8-6-7-9-15/h5-10H2,1-4H3,(H,16,17,18). The summed E-state index contributed by atoms with van der Waals surface area (Å²) in [6.07, 6.45) is 5.54. The molecular formula is C15H25N3O. The number of hydrogen-bond acceptors (Lipinski definition) is 4. The third kappa shape index (κ3) is 2.73. The van der Waals surface area contributed by atoms with Crippen LogP contribution in [0.25, 0.3) is 0 Å². The Balaban J connectivity index is 2.37. The topological polar surface area (TPSA) is 47.0 Å². The van der Waals surface area contributed by atoms with E-state index in [4.69, 9.17) is 14.7 Å². The smallest absolute Gasteiger partial charge is 0.162 e. The average molecular weight is 263 g/mol. The highest BCUT2D eigenvalue weighted by atomic mass is 16.5. The molecule has 0 radical (unpaired) electrons. The predicted octanol–water partition coefficient (Wildman–Crippen LogP) is 3.33. The first kappa shape index (κ1) is 14.3. The second-order valence-electron chi connectivity index (χ2n) is 5.44. The van der Waals surface area contributed by atoms with Gasteiger partial charge in [0.15, 0.2) is 5.82 Å². The maximum atomic E-state index is 5.79. The Hall–Kier alpha value is -1.16. The van der Waals surface area contributed by atoms with Gasteiger partial charge in [-0.25, -0.2) is 9.97 Å². The number of rotatable bonds is 5. The third-order valence-corrected chi connectivity index (χ3v) is 4.14. The lowest BCUT2D eigenvalue weighted by Gasteiger charge is -2.27. The van der Waals surface area contributed by atoms with Crippen LogP contribution >= 0.6 is 0 Å². The fraction of sp³-hybridized carbons (Fsp3) is 0.733. The number of aromatic nitrogens is 2. The predicted molar refractivity (Wildman–Crippen MR) is 77.4 cm³/mol. The second kappa shape index (κ2) is 5.87. The molecule has 1 fully saturated rings. The molecule has 0 saturated heterocycles. The lowest BCUT2D eigenvalue weighted by molar-refractivity contribution is -0.0163. The van der Waals surface area contributed by atoms with Crippen LogP contribution in [0.1, 0.15) is 56.1 Å². The number of hydrogen-bond donors (Lipinski definition) is 1. The molecule has 4 heteroatoms. The lowest BCUT2D eigenvalue weighted by Crippen LogP contribution is -2.28. The fourth-order valence-electron chi connectivity index (χ4n) is 2.71. The number of nitrogens with zero attached hydrogens (tertiary/aromatic N) is 2. The summed E-state index contributed by atoms with van der Waals surface area (Å²) in [4.78, 5) is 9.44. The van der Waals surface area contributed by atoms with Crippen molar-refractivity contribution in [3.8, 4) is 0 Å². The van der Waals surface area contributed by atoms with E-state index in [1.165, 1.54) is 12.8 Å². The first-order valence-electron chi connectivity index (χ1n) is 7.27. The number of nitrogens with one attached hydrogen (secondary N) is 1. The van der Waals surface area contributed by atoms with Gasteiger partial charge in [-0.15, -0.1) is 0 Å². The van der Waals surface area contributed by atoms with Gasteiger partial charge in [0, 0.05) is 24.9 Å². The molecule has 0 spiro atoms. The van der Waals surface area contributed by atoms with E-state index in [0.29, 0.717) is 0 Å². The molecule has 0 bridgehead atoms. The maximum Gasteiger partial charge on any atom is 0.162 e. The molecule has 0 unspecified atom stereocenters. The molecule has 1 saturated carbocycles. The zero-order chi connectivity index (χ0) is 13.9. The first-order valence-corrected chi connectivity index (χ1v) is 7.27. The van der Waals surface area contributed by atoms with Gasteiger partial charge in [-0.2, -0.15) is 0 Å². The Kier molecular flexibility index (Phi) is 4.40. The van der Waals surface area contributed by atoms with Crippen LogP contribution in [0.15, 0.2) is 0 Å². The Morgan fingerprint density at radius 1 is 1.21 bits per heavy atom. The minimum Gasteiger partial charge on any atom is -0.370 e. The molecule has 1 aliphatic rings. The van der Waals surface area contributed by atoms with Crippen molar-refractivity contribution in [3.05, 3.63) is 17.1 Å². The van der Waals surface area contributed by atoms with Crippen molar-refractivity contribution in [2.75, 3.05) is 19.0 Å². The average Bonchev–Trinajstić information content (AvgIpc) is 2.90. The molecule has 0 aromatic carbocycles. The molecule has 19 heavy (non-hydrogen) atoms. The Morgan fingerprint density at radius 3 is 2.47 bits per heavy atom.